The molecule has 0 aliphatic rings. The largest absolute Gasteiger partial charge is 0.412 e. The highest BCUT2D eigenvalue weighted by Crippen LogP contribution is 2.23. The van der Waals surface area contributed by atoms with E-state index in [1.54, 1.807) is 7.05 Å². The van der Waals surface area contributed by atoms with E-state index >= 15 is 0 Å². The Morgan fingerprint density at radius 2 is 2.18 bits per heavy atom. The minimum atomic E-state index is -0.420. The average molecular weight is 253 g/mol. The summed E-state index contributed by atoms with van der Waals surface area (Å²) in [7, 11) is 1.56. The summed E-state index contributed by atoms with van der Waals surface area (Å²) in [5, 5.41) is 2.45. The molecule has 4 heteroatoms. The molecular weight excluding hydrogens is 234 g/mol. The maximum Gasteiger partial charge on any atom is 0.412 e. The van der Waals surface area contributed by atoms with E-state index < -0.39 is 6.09 Å². The van der Waals surface area contributed by atoms with Gasteiger partial charge in [-0.15, -0.1) is 0 Å². The van der Waals surface area contributed by atoms with Crippen molar-refractivity contribution in [1.29, 1.82) is 0 Å². The number of hydrogen-bond acceptors (Lipinski definition) is 3. The second-order valence-corrected chi connectivity index (χ2v) is 4.76. The van der Waals surface area contributed by atoms with Gasteiger partial charge in [0, 0.05) is 18.4 Å². The second-order valence-electron chi connectivity index (χ2n) is 3.65. The van der Waals surface area contributed by atoms with Crippen molar-refractivity contribution in [2.24, 2.45) is 0 Å². The molecule has 0 heterocycles. The maximum absolute atomic E-state index is 11.2. The van der Waals surface area contributed by atoms with Gasteiger partial charge >= 0.3 is 6.09 Å². The van der Waals surface area contributed by atoms with E-state index in [1.807, 2.05) is 36.0 Å². The number of carbonyl (C=O) groups excluding carboxylic acids is 1. The second kappa shape index (κ2) is 8.01. The van der Waals surface area contributed by atoms with Crippen molar-refractivity contribution >= 4 is 17.9 Å². The lowest BCUT2D eigenvalue weighted by atomic mass is 10.2. The lowest BCUT2D eigenvalue weighted by Crippen LogP contribution is -2.22. The first-order chi connectivity index (χ1) is 8.27. The molecule has 0 spiro atoms. The van der Waals surface area contributed by atoms with Gasteiger partial charge in [0.15, 0.2) is 0 Å². The van der Waals surface area contributed by atoms with Crippen LogP contribution in [0.25, 0.3) is 0 Å². The first-order valence-corrected chi connectivity index (χ1v) is 6.98. The molecule has 0 radical (unpaired) electrons. The SMILES string of the molecule is CCCCSCc1ccccc1OC(=O)NC. The van der Waals surface area contributed by atoms with Crippen LogP contribution in [0.5, 0.6) is 5.75 Å². The fourth-order valence-electron chi connectivity index (χ4n) is 1.30. The molecule has 1 amide bonds. The number of thioether (sulfide) groups is 1. The van der Waals surface area contributed by atoms with E-state index in [-0.39, 0.29) is 0 Å². The maximum atomic E-state index is 11.2. The van der Waals surface area contributed by atoms with Gasteiger partial charge in [0.05, 0.1) is 0 Å². The van der Waals surface area contributed by atoms with Gasteiger partial charge in [-0.05, 0) is 18.2 Å². The molecule has 0 fully saturated rings. The molecule has 94 valence electrons. The number of carbonyl (C=O) groups is 1. The number of amides is 1. The third-order valence-electron chi connectivity index (χ3n) is 2.28. The summed E-state index contributed by atoms with van der Waals surface area (Å²) in [6, 6.07) is 7.66. The van der Waals surface area contributed by atoms with Crippen molar-refractivity contribution in [1.82, 2.24) is 5.32 Å². The molecule has 0 atom stereocenters. The molecular formula is C13H19NO2S. The van der Waals surface area contributed by atoms with Crippen molar-refractivity contribution in [2.45, 2.75) is 25.5 Å². The molecule has 1 N–H and O–H groups in total. The summed E-state index contributed by atoms with van der Waals surface area (Å²) in [4.78, 5) is 11.2. The van der Waals surface area contributed by atoms with Crippen LogP contribution in [0.3, 0.4) is 0 Å². The van der Waals surface area contributed by atoms with E-state index in [9.17, 15) is 4.79 Å². The highest BCUT2D eigenvalue weighted by atomic mass is 32.2. The zero-order valence-corrected chi connectivity index (χ0v) is 11.2. The molecule has 1 rings (SSSR count). The minimum absolute atomic E-state index is 0.420. The van der Waals surface area contributed by atoms with Crippen LogP contribution >= 0.6 is 11.8 Å². The third kappa shape index (κ3) is 5.13. The van der Waals surface area contributed by atoms with Crippen LogP contribution in [0.4, 0.5) is 4.79 Å². The Hall–Kier alpha value is -1.16. The van der Waals surface area contributed by atoms with Crippen molar-refractivity contribution in [3.63, 3.8) is 0 Å². The molecule has 0 bridgehead atoms. The standard InChI is InChI=1S/C13H19NO2S/c1-3-4-9-17-10-11-7-5-6-8-12(11)16-13(15)14-2/h5-8H,3-4,9-10H2,1-2H3,(H,14,15). The Bertz CT molecular complexity index is 355. The number of hydrogen-bond donors (Lipinski definition) is 1. The smallest absolute Gasteiger partial charge is 0.410 e. The molecule has 0 saturated heterocycles. The van der Waals surface area contributed by atoms with Gasteiger partial charge in [-0.2, -0.15) is 11.8 Å². The molecule has 0 aliphatic carbocycles. The Morgan fingerprint density at radius 3 is 2.88 bits per heavy atom. The number of para-hydroxylation sites is 1. The number of unbranched alkanes of at least 4 members (excludes halogenated alkanes) is 1. The normalized spacial score (nSPS) is 10.0. The van der Waals surface area contributed by atoms with Crippen LogP contribution in [0.15, 0.2) is 24.3 Å². The van der Waals surface area contributed by atoms with Crippen LogP contribution in [0, 0.1) is 0 Å². The number of nitrogens with one attached hydrogen (secondary N) is 1. The highest BCUT2D eigenvalue weighted by molar-refractivity contribution is 7.98. The topological polar surface area (TPSA) is 38.3 Å². The van der Waals surface area contributed by atoms with E-state index in [0.29, 0.717) is 5.75 Å². The number of benzene rings is 1. The summed E-state index contributed by atoms with van der Waals surface area (Å²) < 4.78 is 5.19. The lowest BCUT2D eigenvalue weighted by Gasteiger charge is -2.09. The molecule has 1 aromatic carbocycles. The predicted molar refractivity (Wildman–Crippen MR) is 72.6 cm³/mol. The van der Waals surface area contributed by atoms with Crippen molar-refractivity contribution in [2.75, 3.05) is 12.8 Å². The molecule has 0 aliphatic heterocycles. The molecule has 1 aromatic rings. The van der Waals surface area contributed by atoms with Gasteiger partial charge in [-0.3, -0.25) is 0 Å². The Kier molecular flexibility index (Phi) is 6.55. The zero-order chi connectivity index (χ0) is 12.5. The third-order valence-corrected chi connectivity index (χ3v) is 3.37. The van der Waals surface area contributed by atoms with Gasteiger partial charge in [0.2, 0.25) is 0 Å². The Morgan fingerprint density at radius 1 is 1.41 bits per heavy atom. The fraction of sp³-hybridized carbons (Fsp3) is 0.462. The van der Waals surface area contributed by atoms with E-state index in [0.717, 1.165) is 17.1 Å². The van der Waals surface area contributed by atoms with Crippen LogP contribution in [-0.2, 0) is 5.75 Å². The Labute approximate surface area is 107 Å². The van der Waals surface area contributed by atoms with Crippen molar-refractivity contribution in [3.8, 4) is 5.75 Å². The first kappa shape index (κ1) is 13.9. The van der Waals surface area contributed by atoms with Crippen LogP contribution in [0.2, 0.25) is 0 Å². The number of rotatable bonds is 6. The molecule has 0 unspecified atom stereocenters. The fourth-order valence-corrected chi connectivity index (χ4v) is 2.40. The summed E-state index contributed by atoms with van der Waals surface area (Å²) in [5.41, 5.74) is 1.07. The van der Waals surface area contributed by atoms with Gasteiger partial charge in [-0.1, -0.05) is 31.5 Å². The monoisotopic (exact) mass is 253 g/mol. The van der Waals surface area contributed by atoms with Gasteiger partial charge < -0.3 is 10.1 Å². The highest BCUT2D eigenvalue weighted by Gasteiger charge is 2.06. The minimum Gasteiger partial charge on any atom is -0.410 e. The van der Waals surface area contributed by atoms with E-state index in [4.69, 9.17) is 4.74 Å². The van der Waals surface area contributed by atoms with Crippen LogP contribution in [-0.4, -0.2) is 18.9 Å². The molecule has 0 saturated carbocycles. The summed E-state index contributed by atoms with van der Waals surface area (Å²) in [6.45, 7) is 2.18. The van der Waals surface area contributed by atoms with Crippen LogP contribution in [0.1, 0.15) is 25.3 Å². The van der Waals surface area contributed by atoms with Crippen LogP contribution < -0.4 is 10.1 Å². The van der Waals surface area contributed by atoms with E-state index in [1.165, 1.54) is 12.8 Å². The Balaban J connectivity index is 2.54. The summed E-state index contributed by atoms with van der Waals surface area (Å²) in [5.74, 6) is 2.67. The summed E-state index contributed by atoms with van der Waals surface area (Å²) >= 11 is 1.87. The van der Waals surface area contributed by atoms with Gasteiger partial charge in [-0.25, -0.2) is 4.79 Å². The molecule has 17 heavy (non-hydrogen) atoms. The van der Waals surface area contributed by atoms with Crippen molar-refractivity contribution in [3.05, 3.63) is 29.8 Å². The molecule has 0 aromatic heterocycles. The average Bonchev–Trinajstić information content (AvgIpc) is 2.36. The van der Waals surface area contributed by atoms with E-state index in [2.05, 4.69) is 12.2 Å². The van der Waals surface area contributed by atoms with Gasteiger partial charge in [0.25, 0.3) is 0 Å². The van der Waals surface area contributed by atoms with Gasteiger partial charge in [0.1, 0.15) is 5.75 Å². The zero-order valence-electron chi connectivity index (χ0n) is 10.4. The first-order valence-electron chi connectivity index (χ1n) is 5.83. The quantitative estimate of drug-likeness (QED) is 0.789. The van der Waals surface area contributed by atoms with Crippen molar-refractivity contribution < 1.29 is 9.53 Å². The molecule has 3 nitrogen and oxygen atoms in total. The lowest BCUT2D eigenvalue weighted by molar-refractivity contribution is 0.202. The predicted octanol–water partition coefficient (Wildman–Crippen LogP) is 3.44. The summed E-state index contributed by atoms with van der Waals surface area (Å²) in [6.07, 6.45) is 2.02. The number of ether oxygens (including phenoxy) is 1.